The van der Waals surface area contributed by atoms with Crippen LogP contribution in [0.5, 0.6) is 0 Å². The molecular weight excluding hydrogens is 438 g/mol. The van der Waals surface area contributed by atoms with Crippen molar-refractivity contribution in [3.05, 3.63) is 66.7 Å². The number of hydrogen-bond acceptors (Lipinski definition) is 7. The van der Waals surface area contributed by atoms with Gasteiger partial charge in [0.15, 0.2) is 5.58 Å². The fraction of sp³-hybridized carbons (Fsp3) is 0.208. The number of piperazine rings is 1. The molecule has 3 aromatic carbocycles. The second-order valence-electron chi connectivity index (χ2n) is 8.20. The Balaban J connectivity index is 1.37. The second kappa shape index (κ2) is 8.51. The van der Waals surface area contributed by atoms with Gasteiger partial charge in [-0.1, -0.05) is 24.3 Å². The first kappa shape index (κ1) is 21.4. The average molecular weight is 464 g/mol. The molecule has 1 saturated heterocycles. The van der Waals surface area contributed by atoms with E-state index in [9.17, 15) is 8.42 Å². The van der Waals surface area contributed by atoms with Gasteiger partial charge in [-0.3, -0.25) is 0 Å². The van der Waals surface area contributed by atoms with Crippen molar-refractivity contribution in [2.75, 3.05) is 43.4 Å². The van der Waals surface area contributed by atoms with Gasteiger partial charge in [-0.05, 0) is 55.1 Å². The van der Waals surface area contributed by atoms with Crippen LogP contribution in [-0.4, -0.2) is 51.5 Å². The van der Waals surface area contributed by atoms with Crippen LogP contribution in [0, 0.1) is 0 Å². The predicted octanol–water partition coefficient (Wildman–Crippen LogP) is 3.64. The molecule has 3 N–H and O–H groups in total. The Kier molecular flexibility index (Phi) is 5.53. The number of oxazole rings is 1. The van der Waals surface area contributed by atoms with E-state index >= 15 is 0 Å². The Bertz CT molecular complexity index is 1370. The van der Waals surface area contributed by atoms with E-state index in [4.69, 9.17) is 9.56 Å². The lowest BCUT2D eigenvalue weighted by molar-refractivity contribution is 0.313. The van der Waals surface area contributed by atoms with E-state index in [2.05, 4.69) is 39.3 Å². The van der Waals surface area contributed by atoms with Crippen LogP contribution in [0.25, 0.3) is 22.2 Å². The molecule has 0 saturated carbocycles. The highest BCUT2D eigenvalue weighted by Crippen LogP contribution is 2.32. The van der Waals surface area contributed by atoms with E-state index in [1.54, 1.807) is 12.1 Å². The molecule has 1 aliphatic heterocycles. The smallest absolute Gasteiger partial charge is 0.300 e. The van der Waals surface area contributed by atoms with Gasteiger partial charge in [-0.2, -0.15) is 4.98 Å². The molecule has 0 amide bonds. The van der Waals surface area contributed by atoms with E-state index in [-0.39, 0.29) is 4.90 Å². The minimum Gasteiger partial charge on any atom is -0.423 e. The standard InChI is InChI=1S/C24H25N5O3S/c1-28-13-15-29(16-14-28)19-9-7-18(8-10-19)26-24-27-22-4-2-3-21(23(22)32-24)17-5-11-20(12-6-17)33(25,30)31/h2-12H,13-16H2,1H3,(H,26,27)(H2,25,30,31). The average Bonchev–Trinajstić information content (AvgIpc) is 3.22. The summed E-state index contributed by atoms with van der Waals surface area (Å²) in [5, 5.41) is 8.44. The zero-order valence-electron chi connectivity index (χ0n) is 18.2. The Morgan fingerprint density at radius 2 is 1.64 bits per heavy atom. The van der Waals surface area contributed by atoms with Crippen molar-refractivity contribution in [2.24, 2.45) is 5.14 Å². The quantitative estimate of drug-likeness (QED) is 0.466. The van der Waals surface area contributed by atoms with Gasteiger partial charge in [0.2, 0.25) is 10.0 Å². The Morgan fingerprint density at radius 1 is 0.939 bits per heavy atom. The molecule has 1 aliphatic rings. The highest BCUT2D eigenvalue weighted by Gasteiger charge is 2.15. The van der Waals surface area contributed by atoms with Gasteiger partial charge in [0, 0.05) is 43.1 Å². The first-order chi connectivity index (χ1) is 15.9. The maximum Gasteiger partial charge on any atom is 0.300 e. The number of rotatable bonds is 5. The number of nitrogens with one attached hydrogen (secondary N) is 1. The van der Waals surface area contributed by atoms with Gasteiger partial charge in [0.25, 0.3) is 6.01 Å². The molecule has 0 spiro atoms. The fourth-order valence-electron chi connectivity index (χ4n) is 4.00. The summed E-state index contributed by atoms with van der Waals surface area (Å²) in [5.41, 5.74) is 5.05. The summed E-state index contributed by atoms with van der Waals surface area (Å²) in [6, 6.07) is 20.7. The zero-order valence-corrected chi connectivity index (χ0v) is 19.0. The summed E-state index contributed by atoms with van der Waals surface area (Å²) < 4.78 is 29.1. The van der Waals surface area contributed by atoms with Gasteiger partial charge in [0.05, 0.1) is 4.90 Å². The molecule has 0 bridgehead atoms. The van der Waals surface area contributed by atoms with Crippen LogP contribution in [0.3, 0.4) is 0 Å². The number of primary sulfonamides is 1. The first-order valence-electron chi connectivity index (χ1n) is 10.7. The third-order valence-electron chi connectivity index (χ3n) is 5.90. The Morgan fingerprint density at radius 3 is 2.30 bits per heavy atom. The summed E-state index contributed by atoms with van der Waals surface area (Å²) in [5.74, 6) is 0. The molecule has 5 rings (SSSR count). The summed E-state index contributed by atoms with van der Waals surface area (Å²) in [6.45, 7) is 4.18. The van der Waals surface area contributed by atoms with E-state index < -0.39 is 10.0 Å². The van der Waals surface area contributed by atoms with Crippen molar-refractivity contribution < 1.29 is 12.8 Å². The monoisotopic (exact) mass is 463 g/mol. The molecule has 0 aliphatic carbocycles. The number of nitrogens with two attached hydrogens (primary N) is 1. The molecule has 1 fully saturated rings. The van der Waals surface area contributed by atoms with Crippen molar-refractivity contribution >= 4 is 38.5 Å². The van der Waals surface area contributed by atoms with Crippen molar-refractivity contribution in [1.29, 1.82) is 0 Å². The third-order valence-corrected chi connectivity index (χ3v) is 6.83. The van der Waals surface area contributed by atoms with Gasteiger partial charge >= 0.3 is 0 Å². The molecule has 2 heterocycles. The van der Waals surface area contributed by atoms with Crippen LogP contribution in [0.1, 0.15) is 0 Å². The minimum absolute atomic E-state index is 0.0679. The number of fused-ring (bicyclic) bond motifs is 1. The molecule has 170 valence electrons. The minimum atomic E-state index is -3.74. The van der Waals surface area contributed by atoms with Crippen LogP contribution in [0.15, 0.2) is 76.0 Å². The number of para-hydroxylation sites is 1. The number of anilines is 3. The van der Waals surface area contributed by atoms with Crippen LogP contribution < -0.4 is 15.4 Å². The number of nitrogens with zero attached hydrogens (tertiary/aromatic N) is 3. The van der Waals surface area contributed by atoms with Gasteiger partial charge in [-0.25, -0.2) is 13.6 Å². The number of sulfonamides is 1. The van der Waals surface area contributed by atoms with E-state index in [1.165, 1.54) is 17.8 Å². The molecular formula is C24H25N5O3S. The number of aromatic nitrogens is 1. The fourth-order valence-corrected chi connectivity index (χ4v) is 4.51. The number of benzene rings is 3. The normalized spacial score (nSPS) is 15.2. The topological polar surface area (TPSA) is 105 Å². The number of hydrogen-bond donors (Lipinski definition) is 2. The molecule has 0 unspecified atom stereocenters. The van der Waals surface area contributed by atoms with Crippen molar-refractivity contribution in [1.82, 2.24) is 9.88 Å². The maximum absolute atomic E-state index is 11.5. The van der Waals surface area contributed by atoms with Crippen LogP contribution in [0.4, 0.5) is 17.4 Å². The Labute approximate surface area is 192 Å². The molecule has 8 nitrogen and oxygen atoms in total. The first-order valence-corrected chi connectivity index (χ1v) is 12.2. The lowest BCUT2D eigenvalue weighted by atomic mass is 10.1. The maximum atomic E-state index is 11.5. The van der Waals surface area contributed by atoms with Gasteiger partial charge in [-0.15, -0.1) is 0 Å². The van der Waals surface area contributed by atoms with Crippen LogP contribution >= 0.6 is 0 Å². The molecule has 9 heteroatoms. The summed E-state index contributed by atoms with van der Waals surface area (Å²) in [6.07, 6.45) is 0. The summed E-state index contributed by atoms with van der Waals surface area (Å²) >= 11 is 0. The summed E-state index contributed by atoms with van der Waals surface area (Å²) in [7, 11) is -1.59. The van der Waals surface area contributed by atoms with Gasteiger partial charge < -0.3 is 19.5 Å². The zero-order chi connectivity index (χ0) is 23.0. The molecule has 1 aromatic heterocycles. The van der Waals surface area contributed by atoms with Crippen LogP contribution in [0.2, 0.25) is 0 Å². The lowest BCUT2D eigenvalue weighted by Gasteiger charge is -2.34. The van der Waals surface area contributed by atoms with E-state index in [1.807, 2.05) is 30.3 Å². The lowest BCUT2D eigenvalue weighted by Crippen LogP contribution is -2.44. The van der Waals surface area contributed by atoms with Gasteiger partial charge in [0.1, 0.15) is 5.52 Å². The molecule has 0 atom stereocenters. The number of likely N-dealkylation sites (N-methyl/N-ethyl adjacent to an activating group) is 1. The molecule has 4 aromatic rings. The van der Waals surface area contributed by atoms with E-state index in [0.29, 0.717) is 17.1 Å². The third kappa shape index (κ3) is 4.56. The molecule has 33 heavy (non-hydrogen) atoms. The highest BCUT2D eigenvalue weighted by atomic mass is 32.2. The highest BCUT2D eigenvalue weighted by molar-refractivity contribution is 7.89. The van der Waals surface area contributed by atoms with Crippen LogP contribution in [-0.2, 0) is 10.0 Å². The molecule has 0 radical (unpaired) electrons. The predicted molar refractivity (Wildman–Crippen MR) is 130 cm³/mol. The largest absolute Gasteiger partial charge is 0.423 e. The van der Waals surface area contributed by atoms with Crippen molar-refractivity contribution in [2.45, 2.75) is 4.90 Å². The summed E-state index contributed by atoms with van der Waals surface area (Å²) in [4.78, 5) is 9.35. The Hall–Kier alpha value is -3.40. The van der Waals surface area contributed by atoms with Crippen molar-refractivity contribution in [3.8, 4) is 11.1 Å². The SMILES string of the molecule is CN1CCN(c2ccc(Nc3nc4cccc(-c5ccc(S(N)(=O)=O)cc5)c4o3)cc2)CC1. The van der Waals surface area contributed by atoms with Crippen molar-refractivity contribution in [3.63, 3.8) is 0 Å². The second-order valence-corrected chi connectivity index (χ2v) is 9.77. The van der Waals surface area contributed by atoms with E-state index in [0.717, 1.165) is 43.0 Å².